The highest BCUT2D eigenvalue weighted by molar-refractivity contribution is 5.98. The number of nitrogens with zero attached hydrogens (tertiary/aromatic N) is 2. The maximum Gasteiger partial charge on any atom is 0.232 e. The van der Waals surface area contributed by atoms with Crippen LogP contribution in [0, 0.1) is 11.3 Å². The van der Waals surface area contributed by atoms with Gasteiger partial charge in [-0.15, -0.1) is 0 Å². The number of aromatic nitrogens is 3. The zero-order valence-electron chi connectivity index (χ0n) is 19.1. The molecule has 1 aliphatic carbocycles. The third-order valence-corrected chi connectivity index (χ3v) is 7.26. The molecule has 1 aromatic carbocycles. The van der Waals surface area contributed by atoms with Gasteiger partial charge in [-0.25, -0.2) is 0 Å². The molecule has 6 nitrogen and oxygen atoms in total. The fraction of sp³-hybridized carbons (Fsp3) is 0.520. The molecule has 31 heavy (non-hydrogen) atoms. The van der Waals surface area contributed by atoms with E-state index < -0.39 is 5.60 Å². The van der Waals surface area contributed by atoms with Gasteiger partial charge in [0.05, 0.1) is 17.2 Å². The molecule has 2 N–H and O–H groups in total. The van der Waals surface area contributed by atoms with E-state index >= 15 is 0 Å². The molecule has 1 atom stereocenters. The van der Waals surface area contributed by atoms with Crippen LogP contribution in [0.5, 0.6) is 0 Å². The summed E-state index contributed by atoms with van der Waals surface area (Å²) in [6, 6.07) is 8.31. The molecule has 0 saturated carbocycles. The van der Waals surface area contributed by atoms with Crippen molar-refractivity contribution in [1.29, 1.82) is 0 Å². The van der Waals surface area contributed by atoms with Crippen molar-refractivity contribution in [2.45, 2.75) is 59.0 Å². The van der Waals surface area contributed by atoms with Crippen LogP contribution < -0.4 is 4.90 Å². The molecule has 1 fully saturated rings. The predicted octanol–water partition coefficient (Wildman–Crippen LogP) is 4.85. The molecule has 0 unspecified atom stereocenters. The summed E-state index contributed by atoms with van der Waals surface area (Å²) in [7, 11) is 1.85. The Morgan fingerprint density at radius 3 is 2.77 bits per heavy atom. The summed E-state index contributed by atoms with van der Waals surface area (Å²) in [6.45, 7) is 9.28. The first-order chi connectivity index (χ1) is 14.6. The number of amides is 1. The number of H-pyrrole nitrogens is 2. The van der Waals surface area contributed by atoms with Crippen molar-refractivity contribution in [2.75, 3.05) is 18.6 Å². The smallest absolute Gasteiger partial charge is 0.232 e. The standard InChI is InChI=1S/C25H32N4O2/c1-24(2)10-8-17-21(14-24)27-28-22(17)20-12-15-6-7-16(13-19(15)26-20)29(5)23(30)18-9-11-31-25(18,3)4/h6-7,12-13,18,26H,8-11,14H2,1-5H3,(H,27,28)/t18-/m0/s1. The van der Waals surface area contributed by atoms with Crippen LogP contribution in [0.4, 0.5) is 5.69 Å². The fourth-order valence-corrected chi connectivity index (χ4v) is 5.19. The van der Waals surface area contributed by atoms with Crippen molar-refractivity contribution < 1.29 is 9.53 Å². The molecule has 1 saturated heterocycles. The van der Waals surface area contributed by atoms with Gasteiger partial charge in [0.15, 0.2) is 0 Å². The van der Waals surface area contributed by atoms with E-state index in [-0.39, 0.29) is 11.8 Å². The van der Waals surface area contributed by atoms with Gasteiger partial charge in [0, 0.05) is 41.5 Å². The Morgan fingerprint density at radius 2 is 2.03 bits per heavy atom. The number of nitrogens with one attached hydrogen (secondary N) is 2. The second-order valence-electron chi connectivity index (χ2n) is 10.5. The summed E-state index contributed by atoms with van der Waals surface area (Å²) < 4.78 is 5.77. The number of ether oxygens (including phenoxy) is 1. The monoisotopic (exact) mass is 420 g/mol. The predicted molar refractivity (Wildman–Crippen MR) is 123 cm³/mol. The molecular formula is C25H32N4O2. The van der Waals surface area contributed by atoms with E-state index in [4.69, 9.17) is 4.74 Å². The minimum absolute atomic E-state index is 0.109. The molecule has 0 bridgehead atoms. The molecule has 2 aliphatic rings. The van der Waals surface area contributed by atoms with Gasteiger partial charge in [0.25, 0.3) is 0 Å². The summed E-state index contributed by atoms with van der Waals surface area (Å²) >= 11 is 0. The molecular weight excluding hydrogens is 388 g/mol. The van der Waals surface area contributed by atoms with Crippen molar-refractivity contribution in [3.05, 3.63) is 35.5 Å². The minimum atomic E-state index is -0.414. The van der Waals surface area contributed by atoms with Crippen molar-refractivity contribution >= 4 is 22.5 Å². The van der Waals surface area contributed by atoms with E-state index in [1.54, 1.807) is 4.90 Å². The molecule has 5 rings (SSSR count). The number of aromatic amines is 2. The van der Waals surface area contributed by atoms with Gasteiger partial charge in [-0.1, -0.05) is 19.9 Å². The van der Waals surface area contributed by atoms with Gasteiger partial charge in [0.2, 0.25) is 5.91 Å². The van der Waals surface area contributed by atoms with Gasteiger partial charge >= 0.3 is 0 Å². The van der Waals surface area contributed by atoms with Crippen LogP contribution >= 0.6 is 0 Å². The topological polar surface area (TPSA) is 74.0 Å². The number of carbonyl (C=O) groups excluding carboxylic acids is 1. The van der Waals surface area contributed by atoms with E-state index in [9.17, 15) is 4.79 Å². The molecule has 1 amide bonds. The lowest BCUT2D eigenvalue weighted by Gasteiger charge is -2.29. The minimum Gasteiger partial charge on any atom is -0.375 e. The summed E-state index contributed by atoms with van der Waals surface area (Å²) in [5.74, 6) is -0.00940. The number of hydrogen-bond acceptors (Lipinski definition) is 3. The molecule has 0 radical (unpaired) electrons. The Balaban J connectivity index is 1.44. The maximum absolute atomic E-state index is 13.1. The Morgan fingerprint density at radius 1 is 1.23 bits per heavy atom. The average molecular weight is 421 g/mol. The van der Waals surface area contributed by atoms with Gasteiger partial charge < -0.3 is 14.6 Å². The highest BCUT2D eigenvalue weighted by Crippen LogP contribution is 2.39. The summed E-state index contributed by atoms with van der Waals surface area (Å²) in [4.78, 5) is 18.4. The summed E-state index contributed by atoms with van der Waals surface area (Å²) in [5.41, 5.74) is 6.46. The van der Waals surface area contributed by atoms with Crippen LogP contribution in [0.15, 0.2) is 24.3 Å². The highest BCUT2D eigenvalue weighted by Gasteiger charge is 2.42. The SMILES string of the molecule is CN(C(=O)[C@@H]1CCOC1(C)C)c1ccc2cc(-c3n[nH]c4c3CCC(C)(C)C4)[nH]c2c1. The van der Waals surface area contributed by atoms with Gasteiger partial charge in [-0.2, -0.15) is 5.10 Å². The number of fused-ring (bicyclic) bond motifs is 2. The zero-order chi connectivity index (χ0) is 22.0. The highest BCUT2D eigenvalue weighted by atomic mass is 16.5. The van der Waals surface area contributed by atoms with Crippen LogP contribution in [0.25, 0.3) is 22.3 Å². The second kappa shape index (κ2) is 6.95. The molecule has 164 valence electrons. The van der Waals surface area contributed by atoms with E-state index in [2.05, 4.69) is 47.2 Å². The van der Waals surface area contributed by atoms with Crippen LogP contribution in [0.1, 0.15) is 51.8 Å². The van der Waals surface area contributed by atoms with Crippen molar-refractivity contribution in [2.24, 2.45) is 11.3 Å². The third kappa shape index (κ3) is 3.47. The Kier molecular flexibility index (Phi) is 4.56. The first-order valence-electron chi connectivity index (χ1n) is 11.3. The average Bonchev–Trinajstić information content (AvgIpc) is 3.40. The van der Waals surface area contributed by atoms with E-state index in [1.165, 1.54) is 17.7 Å². The first-order valence-corrected chi connectivity index (χ1v) is 11.3. The third-order valence-electron chi connectivity index (χ3n) is 7.26. The Hall–Kier alpha value is -2.60. The van der Waals surface area contributed by atoms with Crippen LogP contribution in [0.2, 0.25) is 0 Å². The lowest BCUT2D eigenvalue weighted by atomic mass is 9.76. The summed E-state index contributed by atoms with van der Waals surface area (Å²) in [5, 5.41) is 9.04. The molecule has 2 aromatic heterocycles. The Labute approximate surface area is 183 Å². The molecule has 3 heterocycles. The van der Waals surface area contributed by atoms with Crippen molar-refractivity contribution in [3.8, 4) is 11.4 Å². The number of rotatable bonds is 3. The van der Waals surface area contributed by atoms with Crippen LogP contribution in [-0.4, -0.2) is 40.3 Å². The van der Waals surface area contributed by atoms with Gasteiger partial charge in [0.1, 0.15) is 5.69 Å². The largest absolute Gasteiger partial charge is 0.375 e. The Bertz CT molecular complexity index is 1150. The number of carbonyl (C=O) groups is 1. The number of hydrogen-bond donors (Lipinski definition) is 2. The number of anilines is 1. The normalized spacial score (nSPS) is 21.9. The second-order valence-corrected chi connectivity index (χ2v) is 10.5. The number of benzene rings is 1. The summed E-state index contributed by atoms with van der Waals surface area (Å²) in [6.07, 6.45) is 4.02. The lowest BCUT2D eigenvalue weighted by molar-refractivity contribution is -0.126. The van der Waals surface area contributed by atoms with E-state index in [1.807, 2.05) is 27.0 Å². The molecule has 0 spiro atoms. The van der Waals surface area contributed by atoms with E-state index in [0.29, 0.717) is 12.0 Å². The molecule has 1 aliphatic heterocycles. The van der Waals surface area contributed by atoms with E-state index in [0.717, 1.165) is 47.2 Å². The zero-order valence-corrected chi connectivity index (χ0v) is 19.1. The molecule has 6 heteroatoms. The first kappa shape index (κ1) is 20.3. The van der Waals surface area contributed by atoms with Gasteiger partial charge in [-0.05, 0) is 63.1 Å². The van der Waals surface area contributed by atoms with Gasteiger partial charge in [-0.3, -0.25) is 9.89 Å². The molecule has 3 aromatic rings. The fourth-order valence-electron chi connectivity index (χ4n) is 5.19. The maximum atomic E-state index is 13.1. The van der Waals surface area contributed by atoms with Crippen LogP contribution in [-0.2, 0) is 22.4 Å². The quantitative estimate of drug-likeness (QED) is 0.636. The van der Waals surface area contributed by atoms with Crippen molar-refractivity contribution in [3.63, 3.8) is 0 Å². The van der Waals surface area contributed by atoms with Crippen molar-refractivity contribution in [1.82, 2.24) is 15.2 Å². The lowest BCUT2D eigenvalue weighted by Crippen LogP contribution is -2.41. The van der Waals surface area contributed by atoms with Crippen LogP contribution in [0.3, 0.4) is 0 Å².